The topological polar surface area (TPSA) is 75.2 Å². The van der Waals surface area contributed by atoms with Gasteiger partial charge in [-0.2, -0.15) is 0 Å². The number of guanidine groups is 1. The molecule has 28 heavy (non-hydrogen) atoms. The van der Waals surface area contributed by atoms with Crippen molar-refractivity contribution in [1.29, 1.82) is 0 Å². The number of ether oxygens (including phenoxy) is 2. The van der Waals surface area contributed by atoms with Gasteiger partial charge in [0, 0.05) is 52.0 Å². The molecular weight excluding hydrogens is 471 g/mol. The maximum Gasteiger partial charge on any atom is 0.253 e. The van der Waals surface area contributed by atoms with E-state index in [1.807, 2.05) is 31.3 Å². The molecule has 0 aromatic heterocycles. The highest BCUT2D eigenvalue weighted by molar-refractivity contribution is 14.0. The number of carbonyl (C=O) groups excluding carboxylic acids is 1. The quantitative estimate of drug-likeness (QED) is 0.355. The van der Waals surface area contributed by atoms with Gasteiger partial charge < -0.3 is 25.0 Å². The Morgan fingerprint density at radius 2 is 2.18 bits per heavy atom. The highest BCUT2D eigenvalue weighted by Crippen LogP contribution is 2.17. The SMILES string of the molecule is CN=C(NCc1cccc(NC(=O)C2CCCO2)c1)N(C)CC1CCOC1.I. The number of benzene rings is 1. The first kappa shape index (κ1) is 22.9. The average Bonchev–Trinajstić information content (AvgIpc) is 3.36. The minimum absolute atomic E-state index is 0. The Balaban J connectivity index is 0.00000280. The van der Waals surface area contributed by atoms with Gasteiger partial charge in [0.05, 0.1) is 6.61 Å². The van der Waals surface area contributed by atoms with Crippen LogP contribution in [-0.4, -0.2) is 63.3 Å². The minimum atomic E-state index is -0.321. The van der Waals surface area contributed by atoms with Gasteiger partial charge in [0.25, 0.3) is 5.91 Å². The average molecular weight is 502 g/mol. The molecule has 2 N–H and O–H groups in total. The van der Waals surface area contributed by atoms with Crippen LogP contribution in [0.2, 0.25) is 0 Å². The highest BCUT2D eigenvalue weighted by Gasteiger charge is 2.23. The van der Waals surface area contributed by atoms with Crippen molar-refractivity contribution < 1.29 is 14.3 Å². The molecule has 0 aliphatic carbocycles. The molecule has 2 aliphatic rings. The lowest BCUT2D eigenvalue weighted by molar-refractivity contribution is -0.124. The number of aliphatic imine (C=N–C) groups is 1. The molecule has 156 valence electrons. The Hall–Kier alpha value is -1.39. The number of halogens is 1. The predicted molar refractivity (Wildman–Crippen MR) is 121 cm³/mol. The van der Waals surface area contributed by atoms with Crippen molar-refractivity contribution in [2.75, 3.05) is 45.8 Å². The minimum Gasteiger partial charge on any atom is -0.381 e. The van der Waals surface area contributed by atoms with E-state index >= 15 is 0 Å². The van der Waals surface area contributed by atoms with Gasteiger partial charge in [-0.25, -0.2) is 0 Å². The zero-order valence-corrected chi connectivity index (χ0v) is 19.0. The Bertz CT molecular complexity index is 659. The number of hydrogen-bond donors (Lipinski definition) is 2. The molecule has 1 amide bonds. The molecule has 0 radical (unpaired) electrons. The van der Waals surface area contributed by atoms with Gasteiger partial charge in [0.15, 0.2) is 5.96 Å². The van der Waals surface area contributed by atoms with E-state index < -0.39 is 0 Å². The summed E-state index contributed by atoms with van der Waals surface area (Å²) in [5.41, 5.74) is 1.88. The first-order valence-electron chi connectivity index (χ1n) is 9.66. The first-order valence-corrected chi connectivity index (χ1v) is 9.66. The summed E-state index contributed by atoms with van der Waals surface area (Å²) in [5.74, 6) is 1.35. The van der Waals surface area contributed by atoms with E-state index in [1.165, 1.54) is 0 Å². The predicted octanol–water partition coefficient (Wildman–Crippen LogP) is 2.47. The van der Waals surface area contributed by atoms with Crippen LogP contribution in [0.1, 0.15) is 24.8 Å². The summed E-state index contributed by atoms with van der Waals surface area (Å²) in [5, 5.41) is 6.34. The number of hydrogen-bond acceptors (Lipinski definition) is 4. The van der Waals surface area contributed by atoms with Crippen molar-refractivity contribution in [1.82, 2.24) is 10.2 Å². The van der Waals surface area contributed by atoms with E-state index in [0.29, 0.717) is 19.1 Å². The van der Waals surface area contributed by atoms with Crippen molar-refractivity contribution >= 4 is 41.5 Å². The third-order valence-corrected chi connectivity index (χ3v) is 5.00. The van der Waals surface area contributed by atoms with Crippen LogP contribution in [0.25, 0.3) is 0 Å². The molecule has 1 aromatic carbocycles. The summed E-state index contributed by atoms with van der Waals surface area (Å²) in [6.45, 7) is 3.92. The molecule has 2 atom stereocenters. The fraction of sp³-hybridized carbons (Fsp3) is 0.600. The second kappa shape index (κ2) is 11.6. The molecular formula is C20H31IN4O3. The lowest BCUT2D eigenvalue weighted by Crippen LogP contribution is -2.41. The number of nitrogens with one attached hydrogen (secondary N) is 2. The van der Waals surface area contributed by atoms with Crippen molar-refractivity contribution in [3.63, 3.8) is 0 Å². The normalized spacial score (nSPS) is 21.9. The number of amides is 1. The summed E-state index contributed by atoms with van der Waals surface area (Å²) in [6.07, 6.45) is 2.52. The van der Waals surface area contributed by atoms with Crippen LogP contribution in [0.5, 0.6) is 0 Å². The zero-order chi connectivity index (χ0) is 19.1. The van der Waals surface area contributed by atoms with Gasteiger partial charge in [-0.1, -0.05) is 12.1 Å². The molecule has 7 nitrogen and oxygen atoms in total. The molecule has 0 saturated carbocycles. The largest absolute Gasteiger partial charge is 0.381 e. The van der Waals surface area contributed by atoms with Crippen LogP contribution in [-0.2, 0) is 20.8 Å². The summed E-state index contributed by atoms with van der Waals surface area (Å²) in [7, 11) is 3.84. The Kier molecular flexibility index (Phi) is 9.46. The van der Waals surface area contributed by atoms with E-state index in [2.05, 4.69) is 20.5 Å². The highest BCUT2D eigenvalue weighted by atomic mass is 127. The van der Waals surface area contributed by atoms with E-state index in [0.717, 1.165) is 56.2 Å². The summed E-state index contributed by atoms with van der Waals surface area (Å²) in [4.78, 5) is 18.7. The summed E-state index contributed by atoms with van der Waals surface area (Å²) >= 11 is 0. The van der Waals surface area contributed by atoms with Crippen molar-refractivity contribution in [3.8, 4) is 0 Å². The molecule has 2 unspecified atom stereocenters. The van der Waals surface area contributed by atoms with E-state index in [-0.39, 0.29) is 36.0 Å². The smallest absolute Gasteiger partial charge is 0.253 e. The maximum atomic E-state index is 12.2. The lowest BCUT2D eigenvalue weighted by atomic mass is 10.1. The van der Waals surface area contributed by atoms with Crippen LogP contribution in [0, 0.1) is 5.92 Å². The van der Waals surface area contributed by atoms with E-state index in [9.17, 15) is 4.79 Å². The molecule has 2 fully saturated rings. The molecule has 2 saturated heterocycles. The molecule has 0 bridgehead atoms. The van der Waals surface area contributed by atoms with Crippen molar-refractivity contribution in [2.45, 2.75) is 31.9 Å². The molecule has 2 aliphatic heterocycles. The third-order valence-electron chi connectivity index (χ3n) is 5.00. The van der Waals surface area contributed by atoms with Crippen molar-refractivity contribution in [2.24, 2.45) is 10.9 Å². The monoisotopic (exact) mass is 502 g/mol. The van der Waals surface area contributed by atoms with Crippen LogP contribution in [0.4, 0.5) is 5.69 Å². The second-order valence-corrected chi connectivity index (χ2v) is 7.20. The van der Waals surface area contributed by atoms with Gasteiger partial charge in [-0.05, 0) is 37.0 Å². The maximum absolute atomic E-state index is 12.2. The Morgan fingerprint density at radius 3 is 2.86 bits per heavy atom. The molecule has 1 aromatic rings. The summed E-state index contributed by atoms with van der Waals surface area (Å²) in [6, 6.07) is 7.87. The number of nitrogens with zero attached hydrogens (tertiary/aromatic N) is 2. The van der Waals surface area contributed by atoms with E-state index in [1.54, 1.807) is 7.05 Å². The Labute approximate surface area is 184 Å². The van der Waals surface area contributed by atoms with Crippen LogP contribution in [0.3, 0.4) is 0 Å². The van der Waals surface area contributed by atoms with Gasteiger partial charge >= 0.3 is 0 Å². The fourth-order valence-electron chi connectivity index (χ4n) is 3.53. The Morgan fingerprint density at radius 1 is 1.32 bits per heavy atom. The van der Waals surface area contributed by atoms with Gasteiger partial charge in [0.2, 0.25) is 0 Å². The number of anilines is 1. The zero-order valence-electron chi connectivity index (χ0n) is 16.6. The van der Waals surface area contributed by atoms with Gasteiger partial charge in [-0.15, -0.1) is 24.0 Å². The van der Waals surface area contributed by atoms with Gasteiger partial charge in [-0.3, -0.25) is 9.79 Å². The van der Waals surface area contributed by atoms with E-state index in [4.69, 9.17) is 9.47 Å². The van der Waals surface area contributed by atoms with Crippen LogP contribution >= 0.6 is 24.0 Å². The fourth-order valence-corrected chi connectivity index (χ4v) is 3.53. The third kappa shape index (κ3) is 6.59. The first-order chi connectivity index (χ1) is 13.2. The molecule has 0 spiro atoms. The summed E-state index contributed by atoms with van der Waals surface area (Å²) < 4.78 is 10.9. The molecule has 3 rings (SSSR count). The second-order valence-electron chi connectivity index (χ2n) is 7.20. The van der Waals surface area contributed by atoms with Crippen molar-refractivity contribution in [3.05, 3.63) is 29.8 Å². The van der Waals surface area contributed by atoms with Crippen LogP contribution in [0.15, 0.2) is 29.3 Å². The lowest BCUT2D eigenvalue weighted by Gasteiger charge is -2.24. The standard InChI is InChI=1S/C20H30N4O3.HI/c1-21-20(24(2)13-16-8-10-26-14-16)22-12-15-5-3-6-17(11-15)23-19(25)18-7-4-9-27-18;/h3,5-6,11,16,18H,4,7-10,12-14H2,1-2H3,(H,21,22)(H,23,25);1H. The number of carbonyl (C=O) groups is 1. The van der Waals surface area contributed by atoms with Crippen LogP contribution < -0.4 is 10.6 Å². The number of rotatable bonds is 6. The molecule has 2 heterocycles. The molecule has 8 heteroatoms. The van der Waals surface area contributed by atoms with Gasteiger partial charge in [0.1, 0.15) is 6.10 Å².